The number of aryl methyl sites for hydroxylation is 2. The van der Waals surface area contributed by atoms with Gasteiger partial charge in [0, 0.05) is 5.56 Å². The smallest absolute Gasteiger partial charge is 0.307 e. The van der Waals surface area contributed by atoms with Crippen molar-refractivity contribution in [3.63, 3.8) is 0 Å². The van der Waals surface area contributed by atoms with Crippen molar-refractivity contribution < 1.29 is 9.72 Å². The summed E-state index contributed by atoms with van der Waals surface area (Å²) in [6.07, 6.45) is 2.59. The van der Waals surface area contributed by atoms with Gasteiger partial charge in [-0.2, -0.15) is 10.2 Å². The lowest BCUT2D eigenvalue weighted by Gasteiger charge is -2.08. The molecule has 0 fully saturated rings. The monoisotopic (exact) mass is 444 g/mol. The van der Waals surface area contributed by atoms with Crippen LogP contribution in [0.1, 0.15) is 38.4 Å². The number of nitrogens with zero attached hydrogens (tertiary/aromatic N) is 5. The van der Waals surface area contributed by atoms with Crippen LogP contribution >= 0.6 is 0 Å². The number of carbonyl (C=O) groups excluding carboxylic acids is 1. The fraction of sp³-hybridized carbons (Fsp3) is 0.208. The molecule has 0 aliphatic carbocycles. The van der Waals surface area contributed by atoms with Crippen molar-refractivity contribution in [3.8, 4) is 0 Å². The molecule has 2 aromatic carbocycles. The van der Waals surface area contributed by atoms with Gasteiger partial charge < -0.3 is 5.32 Å². The Morgan fingerprint density at radius 3 is 2.27 bits per heavy atom. The van der Waals surface area contributed by atoms with Gasteiger partial charge in [-0.05, 0) is 44.0 Å². The quantitative estimate of drug-likeness (QED) is 0.338. The Morgan fingerprint density at radius 2 is 1.64 bits per heavy atom. The van der Waals surface area contributed by atoms with Gasteiger partial charge in [-0.15, -0.1) is 0 Å². The van der Waals surface area contributed by atoms with Gasteiger partial charge in [-0.25, -0.2) is 0 Å². The maximum Gasteiger partial charge on any atom is 0.307 e. The van der Waals surface area contributed by atoms with Crippen LogP contribution in [-0.4, -0.2) is 30.4 Å². The number of hydrogen-bond acceptors (Lipinski definition) is 5. The highest BCUT2D eigenvalue weighted by Crippen LogP contribution is 2.22. The predicted molar refractivity (Wildman–Crippen MR) is 124 cm³/mol. The number of rotatable bonds is 7. The van der Waals surface area contributed by atoms with Crippen molar-refractivity contribution in [1.82, 2.24) is 19.6 Å². The number of amides is 1. The zero-order valence-electron chi connectivity index (χ0n) is 18.6. The van der Waals surface area contributed by atoms with Crippen LogP contribution in [0.4, 0.5) is 11.4 Å². The minimum atomic E-state index is -0.482. The molecule has 9 heteroatoms. The minimum Gasteiger partial charge on any atom is -0.319 e. The average molecular weight is 444 g/mol. The highest BCUT2D eigenvalue weighted by molar-refractivity contribution is 6.04. The van der Waals surface area contributed by atoms with E-state index >= 15 is 0 Å². The molecular formula is C24H24N6O3. The largest absolute Gasteiger partial charge is 0.319 e. The van der Waals surface area contributed by atoms with Crippen LogP contribution in [-0.2, 0) is 13.1 Å². The topological polar surface area (TPSA) is 108 Å². The van der Waals surface area contributed by atoms with E-state index in [2.05, 4.69) is 46.7 Å². The zero-order valence-corrected chi connectivity index (χ0v) is 18.6. The number of nitrogens with one attached hydrogen (secondary N) is 1. The average Bonchev–Trinajstić information content (AvgIpc) is 3.36. The first kappa shape index (κ1) is 21.9. The van der Waals surface area contributed by atoms with Crippen molar-refractivity contribution in [2.75, 3.05) is 5.32 Å². The van der Waals surface area contributed by atoms with Gasteiger partial charge in [0.15, 0.2) is 0 Å². The van der Waals surface area contributed by atoms with Gasteiger partial charge in [0.2, 0.25) is 0 Å². The minimum absolute atomic E-state index is 0.0559. The molecule has 0 aliphatic rings. The van der Waals surface area contributed by atoms with Crippen LogP contribution in [0.2, 0.25) is 0 Å². The number of anilines is 1. The molecule has 0 saturated heterocycles. The highest BCUT2D eigenvalue weighted by Gasteiger charge is 2.16. The highest BCUT2D eigenvalue weighted by atomic mass is 16.6. The molecule has 168 valence electrons. The fourth-order valence-corrected chi connectivity index (χ4v) is 3.57. The number of hydrogen-bond donors (Lipinski definition) is 1. The Hall–Kier alpha value is -4.27. The number of carbonyl (C=O) groups is 1. The summed E-state index contributed by atoms with van der Waals surface area (Å²) < 4.78 is 3.38. The van der Waals surface area contributed by atoms with Gasteiger partial charge >= 0.3 is 5.69 Å². The summed E-state index contributed by atoms with van der Waals surface area (Å²) in [6.45, 7) is 6.87. The second-order valence-corrected chi connectivity index (χ2v) is 7.99. The number of benzene rings is 2. The lowest BCUT2D eigenvalue weighted by molar-refractivity contribution is -0.385. The Balaban J connectivity index is 1.44. The Morgan fingerprint density at radius 1 is 1.00 bits per heavy atom. The molecule has 4 rings (SSSR count). The third kappa shape index (κ3) is 4.98. The van der Waals surface area contributed by atoms with Crippen molar-refractivity contribution in [2.45, 2.75) is 33.9 Å². The molecule has 0 atom stereocenters. The van der Waals surface area contributed by atoms with E-state index in [1.807, 2.05) is 30.7 Å². The third-order valence-corrected chi connectivity index (χ3v) is 5.46. The Kier molecular flexibility index (Phi) is 6.03. The maximum absolute atomic E-state index is 12.8. The third-order valence-electron chi connectivity index (χ3n) is 5.46. The van der Waals surface area contributed by atoms with Crippen LogP contribution in [0.5, 0.6) is 0 Å². The van der Waals surface area contributed by atoms with Crippen LogP contribution in [0.3, 0.4) is 0 Å². The summed E-state index contributed by atoms with van der Waals surface area (Å²) >= 11 is 0. The van der Waals surface area contributed by atoms with Crippen LogP contribution < -0.4 is 5.32 Å². The second kappa shape index (κ2) is 9.07. The fourth-order valence-electron chi connectivity index (χ4n) is 3.57. The Labute approximate surface area is 190 Å². The molecule has 0 saturated carbocycles. The normalized spacial score (nSPS) is 10.9. The van der Waals surface area contributed by atoms with Gasteiger partial charge in [-0.1, -0.05) is 42.0 Å². The summed E-state index contributed by atoms with van der Waals surface area (Å²) in [5.41, 5.74) is 6.03. The van der Waals surface area contributed by atoms with Crippen LogP contribution in [0.15, 0.2) is 60.9 Å². The van der Waals surface area contributed by atoms with E-state index in [0.29, 0.717) is 24.3 Å². The van der Waals surface area contributed by atoms with Crippen LogP contribution in [0.25, 0.3) is 0 Å². The SMILES string of the molecule is Cc1ccc(Cn2nc(C)c(NC(=O)c3ccc(Cn4cc([N+](=O)[O-])cn4)cc3)c2C)cc1. The molecule has 33 heavy (non-hydrogen) atoms. The van der Waals surface area contributed by atoms with Crippen molar-refractivity contribution in [2.24, 2.45) is 0 Å². The second-order valence-electron chi connectivity index (χ2n) is 7.99. The summed E-state index contributed by atoms with van der Waals surface area (Å²) in [6, 6.07) is 15.4. The first-order valence-electron chi connectivity index (χ1n) is 10.5. The molecular weight excluding hydrogens is 420 g/mol. The standard InChI is InChI=1S/C24H24N6O3/c1-16-4-6-20(7-5-16)14-29-18(3)23(17(2)27-29)26-24(31)21-10-8-19(9-11-21)13-28-15-22(12-25-28)30(32)33/h4-12,15H,13-14H2,1-3H3,(H,26,31). The van der Waals surface area contributed by atoms with Gasteiger partial charge in [0.25, 0.3) is 5.91 Å². The van der Waals surface area contributed by atoms with E-state index < -0.39 is 4.92 Å². The molecule has 1 N–H and O–H groups in total. The first-order chi connectivity index (χ1) is 15.8. The van der Waals surface area contributed by atoms with E-state index in [1.165, 1.54) is 22.6 Å². The first-order valence-corrected chi connectivity index (χ1v) is 10.5. The predicted octanol–water partition coefficient (Wildman–Crippen LogP) is 4.26. The summed E-state index contributed by atoms with van der Waals surface area (Å²) in [5.74, 6) is -0.225. The molecule has 0 spiro atoms. The number of nitro groups is 1. The molecule has 0 aliphatic heterocycles. The van der Waals surface area contributed by atoms with Crippen molar-refractivity contribution in [1.29, 1.82) is 0 Å². The summed E-state index contributed by atoms with van der Waals surface area (Å²) in [5, 5.41) is 22.4. The molecule has 0 unspecified atom stereocenters. The van der Waals surface area contributed by atoms with Gasteiger partial charge in [-0.3, -0.25) is 24.3 Å². The van der Waals surface area contributed by atoms with E-state index in [1.54, 1.807) is 12.1 Å². The molecule has 9 nitrogen and oxygen atoms in total. The van der Waals surface area contributed by atoms with E-state index in [0.717, 1.165) is 22.5 Å². The Bertz CT molecular complexity index is 1300. The van der Waals surface area contributed by atoms with E-state index in [4.69, 9.17) is 0 Å². The molecule has 4 aromatic rings. The van der Waals surface area contributed by atoms with Crippen molar-refractivity contribution in [3.05, 3.63) is 105 Å². The van der Waals surface area contributed by atoms with E-state index in [9.17, 15) is 14.9 Å². The summed E-state index contributed by atoms with van der Waals surface area (Å²) in [7, 11) is 0. The van der Waals surface area contributed by atoms with Crippen LogP contribution in [0, 0.1) is 30.9 Å². The lowest BCUT2D eigenvalue weighted by Crippen LogP contribution is -2.13. The summed E-state index contributed by atoms with van der Waals surface area (Å²) in [4.78, 5) is 23.1. The van der Waals surface area contributed by atoms with Crippen molar-refractivity contribution >= 4 is 17.3 Å². The van der Waals surface area contributed by atoms with Gasteiger partial charge in [0.05, 0.1) is 35.1 Å². The molecule has 0 bridgehead atoms. The lowest BCUT2D eigenvalue weighted by atomic mass is 10.1. The molecule has 0 radical (unpaired) electrons. The zero-order chi connectivity index (χ0) is 23.5. The molecule has 2 heterocycles. The van der Waals surface area contributed by atoms with Gasteiger partial charge in [0.1, 0.15) is 12.4 Å². The number of aromatic nitrogens is 4. The molecule has 2 aromatic heterocycles. The molecule has 1 amide bonds. The maximum atomic E-state index is 12.8. The van der Waals surface area contributed by atoms with E-state index in [-0.39, 0.29) is 11.6 Å².